The van der Waals surface area contributed by atoms with Crippen LogP contribution in [-0.4, -0.2) is 28.8 Å². The van der Waals surface area contributed by atoms with Crippen LogP contribution in [0.3, 0.4) is 0 Å². The summed E-state index contributed by atoms with van der Waals surface area (Å²) in [7, 11) is 0. The van der Waals surface area contributed by atoms with Crippen molar-refractivity contribution in [3.8, 4) is 0 Å². The topological polar surface area (TPSA) is 49.4 Å². The van der Waals surface area contributed by atoms with Gasteiger partial charge in [-0.25, -0.2) is 0 Å². The van der Waals surface area contributed by atoms with Crippen LogP contribution in [0.1, 0.15) is 38.3 Å². The first-order chi connectivity index (χ1) is 9.88. The van der Waals surface area contributed by atoms with Gasteiger partial charge in [-0.3, -0.25) is 9.59 Å². The van der Waals surface area contributed by atoms with Gasteiger partial charge in [-0.15, -0.1) is 0 Å². The molecule has 21 heavy (non-hydrogen) atoms. The predicted molar refractivity (Wildman–Crippen MR) is 82.6 cm³/mol. The molecule has 1 N–H and O–H groups in total. The molecule has 1 aliphatic rings. The van der Waals surface area contributed by atoms with E-state index >= 15 is 0 Å². The van der Waals surface area contributed by atoms with Gasteiger partial charge in [0.2, 0.25) is 11.8 Å². The van der Waals surface area contributed by atoms with E-state index in [0.717, 1.165) is 11.1 Å². The summed E-state index contributed by atoms with van der Waals surface area (Å²) < 4.78 is 0. The monoisotopic (exact) mass is 288 g/mol. The predicted octanol–water partition coefficient (Wildman–Crippen LogP) is 2.26. The second-order valence-electron chi connectivity index (χ2n) is 6.32. The van der Waals surface area contributed by atoms with Gasteiger partial charge in [-0.1, -0.05) is 43.7 Å². The molecule has 1 aromatic rings. The highest BCUT2D eigenvalue weighted by atomic mass is 16.2. The molecule has 2 rings (SSSR count). The van der Waals surface area contributed by atoms with Gasteiger partial charge in [-0.05, 0) is 31.7 Å². The Hall–Kier alpha value is -1.84. The fourth-order valence-corrected chi connectivity index (χ4v) is 2.74. The number of benzene rings is 1. The van der Waals surface area contributed by atoms with Crippen molar-refractivity contribution in [3.05, 3.63) is 35.4 Å². The minimum atomic E-state index is -0.415. The largest absolute Gasteiger partial charge is 0.343 e. The minimum Gasteiger partial charge on any atom is -0.343 e. The molecule has 0 bridgehead atoms. The first-order valence-electron chi connectivity index (χ1n) is 7.55. The number of aryl methyl sites for hydroxylation is 1. The van der Waals surface area contributed by atoms with Crippen LogP contribution < -0.4 is 5.32 Å². The molecule has 2 amide bonds. The molecule has 1 heterocycles. The van der Waals surface area contributed by atoms with Gasteiger partial charge in [-0.2, -0.15) is 0 Å². The van der Waals surface area contributed by atoms with E-state index in [2.05, 4.69) is 25.2 Å². The van der Waals surface area contributed by atoms with Crippen LogP contribution in [-0.2, 0) is 16.1 Å². The molecule has 0 aliphatic carbocycles. The molecule has 0 radical (unpaired) electrons. The Morgan fingerprint density at radius 3 is 2.62 bits per heavy atom. The summed E-state index contributed by atoms with van der Waals surface area (Å²) in [5.41, 5.74) is 2.22. The molecule has 4 nitrogen and oxygen atoms in total. The molecule has 4 heteroatoms. The fourth-order valence-electron chi connectivity index (χ4n) is 2.74. The lowest BCUT2D eigenvalue weighted by Crippen LogP contribution is -2.62. The Morgan fingerprint density at radius 2 is 2.00 bits per heavy atom. The van der Waals surface area contributed by atoms with Crippen LogP contribution >= 0.6 is 0 Å². The van der Waals surface area contributed by atoms with Gasteiger partial charge < -0.3 is 10.2 Å². The first kappa shape index (κ1) is 15.5. The molecule has 1 saturated heterocycles. The zero-order valence-electron chi connectivity index (χ0n) is 13.2. The standard InChI is InChI=1S/C17H24N2O2/c1-11(2)8-15-17(21)19(13(4)16(20)18-15)10-14-7-5-6-12(3)9-14/h5-7,9,11,13,15H,8,10H2,1-4H3,(H,18,20). The third kappa shape index (κ3) is 3.63. The van der Waals surface area contributed by atoms with Crippen LogP contribution in [0.25, 0.3) is 0 Å². The van der Waals surface area contributed by atoms with Crippen LogP contribution in [0.4, 0.5) is 0 Å². The van der Waals surface area contributed by atoms with E-state index in [1.807, 2.05) is 25.1 Å². The molecule has 1 fully saturated rings. The summed E-state index contributed by atoms with van der Waals surface area (Å²) in [6, 6.07) is 7.26. The maximum absolute atomic E-state index is 12.6. The van der Waals surface area contributed by atoms with Crippen molar-refractivity contribution in [1.29, 1.82) is 0 Å². The van der Waals surface area contributed by atoms with Crippen LogP contribution in [0, 0.1) is 12.8 Å². The summed E-state index contributed by atoms with van der Waals surface area (Å²) in [6.07, 6.45) is 0.682. The maximum Gasteiger partial charge on any atom is 0.246 e. The molecule has 0 saturated carbocycles. The highest BCUT2D eigenvalue weighted by molar-refractivity contribution is 5.96. The van der Waals surface area contributed by atoms with Crippen molar-refractivity contribution in [2.45, 2.75) is 52.7 Å². The van der Waals surface area contributed by atoms with E-state index in [-0.39, 0.29) is 11.8 Å². The summed E-state index contributed by atoms with van der Waals surface area (Å²) in [5.74, 6) is 0.332. The van der Waals surface area contributed by atoms with E-state index in [9.17, 15) is 9.59 Å². The van der Waals surface area contributed by atoms with Gasteiger partial charge in [0.25, 0.3) is 0 Å². The Kier molecular flexibility index (Phi) is 4.66. The molecule has 0 aromatic heterocycles. The second-order valence-corrected chi connectivity index (χ2v) is 6.32. The minimum absolute atomic E-state index is 0.0253. The normalized spacial score (nSPS) is 22.6. The van der Waals surface area contributed by atoms with Gasteiger partial charge >= 0.3 is 0 Å². The Balaban J connectivity index is 2.18. The van der Waals surface area contributed by atoms with Crippen molar-refractivity contribution < 1.29 is 9.59 Å². The van der Waals surface area contributed by atoms with E-state index in [0.29, 0.717) is 18.9 Å². The van der Waals surface area contributed by atoms with E-state index in [4.69, 9.17) is 0 Å². The third-order valence-electron chi connectivity index (χ3n) is 3.89. The Bertz CT molecular complexity index is 539. The average Bonchev–Trinajstić information content (AvgIpc) is 2.40. The van der Waals surface area contributed by atoms with Crippen molar-refractivity contribution in [1.82, 2.24) is 10.2 Å². The molecular weight excluding hydrogens is 264 g/mol. The van der Waals surface area contributed by atoms with E-state index < -0.39 is 12.1 Å². The molecule has 1 aliphatic heterocycles. The van der Waals surface area contributed by atoms with Gasteiger partial charge in [0.05, 0.1) is 0 Å². The Morgan fingerprint density at radius 1 is 1.29 bits per heavy atom. The van der Waals surface area contributed by atoms with Crippen molar-refractivity contribution in [2.75, 3.05) is 0 Å². The smallest absolute Gasteiger partial charge is 0.246 e. The summed E-state index contributed by atoms with van der Waals surface area (Å²) in [4.78, 5) is 26.4. The lowest BCUT2D eigenvalue weighted by Gasteiger charge is -2.38. The van der Waals surface area contributed by atoms with Gasteiger partial charge in [0.1, 0.15) is 12.1 Å². The quantitative estimate of drug-likeness (QED) is 0.924. The SMILES string of the molecule is Cc1cccc(CN2C(=O)C(CC(C)C)NC(=O)C2C)c1. The summed E-state index contributed by atoms with van der Waals surface area (Å²) in [5, 5.41) is 2.84. The van der Waals surface area contributed by atoms with Gasteiger partial charge in [0, 0.05) is 6.54 Å². The number of rotatable bonds is 4. The number of carbonyl (C=O) groups is 2. The molecule has 0 spiro atoms. The fraction of sp³-hybridized carbons (Fsp3) is 0.529. The first-order valence-corrected chi connectivity index (χ1v) is 7.55. The number of hydrogen-bond donors (Lipinski definition) is 1. The lowest BCUT2D eigenvalue weighted by atomic mass is 9.98. The zero-order valence-corrected chi connectivity index (χ0v) is 13.2. The number of piperazine rings is 1. The van der Waals surface area contributed by atoms with E-state index in [1.165, 1.54) is 0 Å². The highest BCUT2D eigenvalue weighted by Gasteiger charge is 2.37. The molecule has 1 aromatic carbocycles. The average molecular weight is 288 g/mol. The number of hydrogen-bond acceptors (Lipinski definition) is 2. The highest BCUT2D eigenvalue weighted by Crippen LogP contribution is 2.18. The van der Waals surface area contributed by atoms with E-state index in [1.54, 1.807) is 11.8 Å². The van der Waals surface area contributed by atoms with Crippen LogP contribution in [0.15, 0.2) is 24.3 Å². The van der Waals surface area contributed by atoms with Gasteiger partial charge in [0.15, 0.2) is 0 Å². The molecule has 114 valence electrons. The number of nitrogens with one attached hydrogen (secondary N) is 1. The number of amides is 2. The van der Waals surface area contributed by atoms with Crippen molar-refractivity contribution in [3.63, 3.8) is 0 Å². The van der Waals surface area contributed by atoms with Crippen molar-refractivity contribution >= 4 is 11.8 Å². The molecule has 2 unspecified atom stereocenters. The molecular formula is C17H24N2O2. The number of nitrogens with zero attached hydrogens (tertiary/aromatic N) is 1. The number of carbonyl (C=O) groups excluding carboxylic acids is 2. The van der Waals surface area contributed by atoms with Crippen LogP contribution in [0.5, 0.6) is 0 Å². The summed E-state index contributed by atoms with van der Waals surface area (Å²) >= 11 is 0. The third-order valence-corrected chi connectivity index (χ3v) is 3.89. The second kappa shape index (κ2) is 6.29. The Labute approximate surface area is 126 Å². The maximum atomic E-state index is 12.6. The van der Waals surface area contributed by atoms with Crippen LogP contribution in [0.2, 0.25) is 0 Å². The molecule has 2 atom stereocenters. The van der Waals surface area contributed by atoms with Crippen molar-refractivity contribution in [2.24, 2.45) is 5.92 Å². The lowest BCUT2D eigenvalue weighted by molar-refractivity contribution is -0.149. The zero-order chi connectivity index (χ0) is 15.6. The summed E-state index contributed by atoms with van der Waals surface area (Å²) in [6.45, 7) is 8.42.